The highest BCUT2D eigenvalue weighted by atomic mass is 35.5. The number of methoxy groups -OCH3 is 1. The number of halogens is 1. The first-order valence-electron chi connectivity index (χ1n) is 7.51. The van der Waals surface area contributed by atoms with E-state index in [1.165, 1.54) is 0 Å². The fourth-order valence-corrected chi connectivity index (χ4v) is 2.63. The molecule has 2 rings (SSSR count). The van der Waals surface area contributed by atoms with Crippen molar-refractivity contribution in [2.75, 3.05) is 33.4 Å². The molecule has 0 unspecified atom stereocenters. The van der Waals surface area contributed by atoms with Crippen LogP contribution >= 0.6 is 11.6 Å². The van der Waals surface area contributed by atoms with Crippen molar-refractivity contribution < 1.29 is 14.3 Å². The molecule has 6 heteroatoms. The quantitative estimate of drug-likeness (QED) is 0.925. The van der Waals surface area contributed by atoms with Gasteiger partial charge in [-0.05, 0) is 31.0 Å². The fourth-order valence-electron chi connectivity index (χ4n) is 2.50. The third-order valence-electron chi connectivity index (χ3n) is 3.64. The Kier molecular flexibility index (Phi) is 6.49. The third kappa shape index (κ3) is 4.87. The third-order valence-corrected chi connectivity index (χ3v) is 3.89. The Morgan fingerprint density at radius 2 is 2.23 bits per heavy atom. The zero-order chi connectivity index (χ0) is 15.9. The van der Waals surface area contributed by atoms with Crippen molar-refractivity contribution in [2.24, 2.45) is 0 Å². The predicted octanol–water partition coefficient (Wildman–Crippen LogP) is 2.85. The van der Waals surface area contributed by atoms with Crippen LogP contribution in [0, 0.1) is 0 Å². The van der Waals surface area contributed by atoms with Gasteiger partial charge in [-0.1, -0.05) is 23.7 Å². The van der Waals surface area contributed by atoms with Crippen molar-refractivity contribution in [3.05, 3.63) is 34.9 Å². The molecular weight excluding hydrogens is 304 g/mol. The normalized spacial score (nSPS) is 20.3. The Hall–Kier alpha value is -1.30. The van der Waals surface area contributed by atoms with Gasteiger partial charge in [0.15, 0.2) is 0 Å². The van der Waals surface area contributed by atoms with Crippen molar-refractivity contribution in [1.29, 1.82) is 0 Å². The summed E-state index contributed by atoms with van der Waals surface area (Å²) in [6.45, 7) is 4.40. The van der Waals surface area contributed by atoms with E-state index in [4.69, 9.17) is 21.1 Å². The molecule has 1 heterocycles. The summed E-state index contributed by atoms with van der Waals surface area (Å²) in [5.74, 6) is 0. The molecule has 0 saturated carbocycles. The fraction of sp³-hybridized carbons (Fsp3) is 0.562. The summed E-state index contributed by atoms with van der Waals surface area (Å²) < 4.78 is 10.8. The van der Waals surface area contributed by atoms with Crippen LogP contribution in [0.5, 0.6) is 0 Å². The van der Waals surface area contributed by atoms with Gasteiger partial charge in [-0.25, -0.2) is 4.79 Å². The number of rotatable bonds is 4. The van der Waals surface area contributed by atoms with Gasteiger partial charge in [-0.2, -0.15) is 0 Å². The van der Waals surface area contributed by atoms with Gasteiger partial charge >= 0.3 is 6.03 Å². The van der Waals surface area contributed by atoms with Crippen molar-refractivity contribution in [1.82, 2.24) is 10.2 Å². The van der Waals surface area contributed by atoms with Crippen molar-refractivity contribution in [3.63, 3.8) is 0 Å². The average molecular weight is 327 g/mol. The molecule has 1 aliphatic rings. The summed E-state index contributed by atoms with van der Waals surface area (Å²) in [5, 5.41) is 3.71. The molecule has 2 amide bonds. The minimum absolute atomic E-state index is 0.0599. The van der Waals surface area contributed by atoms with Crippen LogP contribution < -0.4 is 5.32 Å². The monoisotopic (exact) mass is 326 g/mol. The molecule has 1 aliphatic heterocycles. The van der Waals surface area contributed by atoms with E-state index in [9.17, 15) is 4.79 Å². The summed E-state index contributed by atoms with van der Waals surface area (Å²) >= 11 is 5.91. The number of carbonyl (C=O) groups excluding carboxylic acids is 1. The minimum atomic E-state index is -0.200. The number of hydrogen-bond acceptors (Lipinski definition) is 3. The molecule has 5 nitrogen and oxygen atoms in total. The lowest BCUT2D eigenvalue weighted by atomic mass is 10.1. The molecule has 122 valence electrons. The molecule has 0 spiro atoms. The Morgan fingerprint density at radius 1 is 1.50 bits per heavy atom. The molecule has 0 aliphatic carbocycles. The molecule has 1 saturated heterocycles. The van der Waals surface area contributed by atoms with Gasteiger partial charge in [0.25, 0.3) is 0 Å². The lowest BCUT2D eigenvalue weighted by Crippen LogP contribution is -2.45. The molecule has 1 N–H and O–H groups in total. The van der Waals surface area contributed by atoms with Gasteiger partial charge in [0.2, 0.25) is 0 Å². The molecule has 2 atom stereocenters. The van der Waals surface area contributed by atoms with Crippen molar-refractivity contribution >= 4 is 17.6 Å². The second-order valence-corrected chi connectivity index (χ2v) is 5.93. The molecule has 22 heavy (non-hydrogen) atoms. The van der Waals surface area contributed by atoms with Crippen molar-refractivity contribution in [2.45, 2.75) is 25.5 Å². The first-order valence-corrected chi connectivity index (χ1v) is 7.89. The van der Waals surface area contributed by atoms with Crippen molar-refractivity contribution in [3.8, 4) is 0 Å². The van der Waals surface area contributed by atoms with E-state index in [0.29, 0.717) is 31.3 Å². The largest absolute Gasteiger partial charge is 0.382 e. The number of nitrogens with one attached hydrogen (secondary N) is 1. The Bertz CT molecular complexity index is 481. The first kappa shape index (κ1) is 17.1. The Balaban J connectivity index is 2.03. The zero-order valence-electron chi connectivity index (χ0n) is 13.0. The molecule has 1 aromatic rings. The average Bonchev–Trinajstić information content (AvgIpc) is 2.72. The van der Waals surface area contributed by atoms with Gasteiger partial charge in [0, 0.05) is 31.8 Å². The minimum Gasteiger partial charge on any atom is -0.382 e. The number of benzene rings is 1. The second-order valence-electron chi connectivity index (χ2n) is 5.49. The highest BCUT2D eigenvalue weighted by Gasteiger charge is 2.22. The number of hydrogen-bond donors (Lipinski definition) is 1. The SMILES string of the molecule is COC[C@H](NC(=O)N1CCCO[C@@H](C)C1)c1ccc(Cl)cc1. The Morgan fingerprint density at radius 3 is 2.91 bits per heavy atom. The van der Waals surface area contributed by atoms with Gasteiger partial charge < -0.3 is 19.7 Å². The van der Waals surface area contributed by atoms with Crippen LogP contribution in [0.3, 0.4) is 0 Å². The highest BCUT2D eigenvalue weighted by molar-refractivity contribution is 6.30. The van der Waals surface area contributed by atoms with Gasteiger partial charge in [-0.15, -0.1) is 0 Å². The summed E-state index contributed by atoms with van der Waals surface area (Å²) in [5.41, 5.74) is 0.971. The summed E-state index contributed by atoms with van der Waals surface area (Å²) in [6.07, 6.45) is 0.915. The summed E-state index contributed by atoms with van der Waals surface area (Å²) in [6, 6.07) is 7.14. The van der Waals surface area contributed by atoms with E-state index in [1.54, 1.807) is 12.0 Å². The summed E-state index contributed by atoms with van der Waals surface area (Å²) in [7, 11) is 1.62. The highest BCUT2D eigenvalue weighted by Crippen LogP contribution is 2.17. The molecule has 1 fully saturated rings. The lowest BCUT2D eigenvalue weighted by Gasteiger charge is -2.26. The smallest absolute Gasteiger partial charge is 0.318 e. The number of ether oxygens (including phenoxy) is 2. The number of urea groups is 1. The van der Waals surface area contributed by atoms with E-state index < -0.39 is 0 Å². The number of carbonyl (C=O) groups is 1. The maximum atomic E-state index is 12.5. The molecule has 0 aromatic heterocycles. The maximum absolute atomic E-state index is 12.5. The van der Waals surface area contributed by atoms with Crippen LogP contribution in [0.2, 0.25) is 5.02 Å². The van der Waals surface area contributed by atoms with Crippen LogP contribution in [0.1, 0.15) is 24.9 Å². The summed E-state index contributed by atoms with van der Waals surface area (Å²) in [4.78, 5) is 14.3. The topological polar surface area (TPSA) is 50.8 Å². The van der Waals surface area contributed by atoms with Gasteiger partial charge in [0.1, 0.15) is 0 Å². The number of amides is 2. The number of nitrogens with zero attached hydrogens (tertiary/aromatic N) is 1. The molecule has 0 radical (unpaired) electrons. The zero-order valence-corrected chi connectivity index (χ0v) is 13.8. The van der Waals surface area contributed by atoms with Crippen LogP contribution in [0.4, 0.5) is 4.79 Å². The second kappa shape index (κ2) is 8.36. The molecule has 1 aromatic carbocycles. The standard InChI is InChI=1S/C16H23ClN2O3/c1-12-10-19(8-3-9-22-12)16(20)18-15(11-21-2)13-4-6-14(17)7-5-13/h4-7,12,15H,3,8-11H2,1-2H3,(H,18,20)/t12-,15-/m0/s1. The first-order chi connectivity index (χ1) is 10.6. The van der Waals surface area contributed by atoms with E-state index >= 15 is 0 Å². The van der Waals surface area contributed by atoms with Crippen LogP contribution in [-0.4, -0.2) is 50.4 Å². The van der Waals surface area contributed by atoms with Gasteiger partial charge in [-0.3, -0.25) is 0 Å². The van der Waals surface area contributed by atoms with Gasteiger partial charge in [0.05, 0.1) is 18.8 Å². The molecular formula is C16H23ClN2O3. The van der Waals surface area contributed by atoms with E-state index in [-0.39, 0.29) is 18.2 Å². The van der Waals surface area contributed by atoms with E-state index in [0.717, 1.165) is 12.0 Å². The van der Waals surface area contributed by atoms with Crippen LogP contribution in [-0.2, 0) is 9.47 Å². The molecule has 0 bridgehead atoms. The Labute approximate surface area is 136 Å². The van der Waals surface area contributed by atoms with Crippen LogP contribution in [0.25, 0.3) is 0 Å². The predicted molar refractivity (Wildman–Crippen MR) is 86.2 cm³/mol. The van der Waals surface area contributed by atoms with E-state index in [2.05, 4.69) is 5.32 Å². The van der Waals surface area contributed by atoms with Crippen LogP contribution in [0.15, 0.2) is 24.3 Å². The maximum Gasteiger partial charge on any atom is 0.318 e. The lowest BCUT2D eigenvalue weighted by molar-refractivity contribution is 0.0704. The van der Waals surface area contributed by atoms with E-state index in [1.807, 2.05) is 31.2 Å².